The van der Waals surface area contributed by atoms with Gasteiger partial charge in [0.15, 0.2) is 0 Å². The number of carbonyl (C=O) groups is 1. The van der Waals surface area contributed by atoms with E-state index in [4.69, 9.17) is 4.52 Å². The van der Waals surface area contributed by atoms with Gasteiger partial charge in [0, 0.05) is 17.3 Å². The van der Waals surface area contributed by atoms with Crippen LogP contribution in [0.2, 0.25) is 0 Å². The van der Waals surface area contributed by atoms with Crippen LogP contribution in [0, 0.1) is 12.7 Å². The third-order valence-corrected chi connectivity index (χ3v) is 4.92. The molecule has 1 aliphatic rings. The lowest BCUT2D eigenvalue weighted by Crippen LogP contribution is -2.42. The van der Waals surface area contributed by atoms with E-state index in [-0.39, 0.29) is 17.8 Å². The zero-order valence-electron chi connectivity index (χ0n) is 14.7. The zero-order chi connectivity index (χ0) is 18.3. The number of carbonyl (C=O) groups excluding carboxylic acids is 1. The van der Waals surface area contributed by atoms with E-state index in [1.165, 1.54) is 12.1 Å². The van der Waals surface area contributed by atoms with Gasteiger partial charge in [-0.25, -0.2) is 4.39 Å². The molecule has 4 rings (SSSR count). The molecule has 0 radical (unpaired) electrons. The highest BCUT2D eigenvalue weighted by atomic mass is 19.1. The summed E-state index contributed by atoms with van der Waals surface area (Å²) in [5.74, 6) is 0.0368. The van der Waals surface area contributed by atoms with E-state index in [1.54, 1.807) is 17.9 Å². The van der Waals surface area contributed by atoms with Gasteiger partial charge in [-0.3, -0.25) is 4.79 Å². The van der Waals surface area contributed by atoms with E-state index in [0.29, 0.717) is 17.0 Å². The minimum atomic E-state index is -0.281. The van der Waals surface area contributed by atoms with E-state index in [1.807, 2.05) is 37.3 Å². The standard InChI is InChI=1S/C21H19FN2O2/c1-13-8-9-16-12-17(22)10-11-18(16)24(13)21(25)19-14(2)26-23-20(19)15-6-4-3-5-7-15/h3-7,10-13H,8-9H2,1-2H3/t13-/m1/s1. The molecule has 0 N–H and O–H groups in total. The summed E-state index contributed by atoms with van der Waals surface area (Å²) in [5, 5.41) is 4.11. The Morgan fingerprint density at radius 2 is 2.00 bits per heavy atom. The van der Waals surface area contributed by atoms with Crippen LogP contribution in [0.4, 0.5) is 10.1 Å². The lowest BCUT2D eigenvalue weighted by atomic mass is 9.95. The molecule has 0 unspecified atom stereocenters. The van der Waals surface area contributed by atoms with Crippen LogP contribution in [0.3, 0.4) is 0 Å². The van der Waals surface area contributed by atoms with Gasteiger partial charge in [-0.1, -0.05) is 35.5 Å². The number of nitrogens with zero attached hydrogens (tertiary/aromatic N) is 2. The van der Waals surface area contributed by atoms with Gasteiger partial charge in [-0.2, -0.15) is 0 Å². The van der Waals surface area contributed by atoms with Crippen molar-refractivity contribution in [3.05, 3.63) is 71.2 Å². The summed E-state index contributed by atoms with van der Waals surface area (Å²) >= 11 is 0. The van der Waals surface area contributed by atoms with Crippen LogP contribution in [0.1, 0.15) is 35.0 Å². The maximum Gasteiger partial charge on any atom is 0.264 e. The van der Waals surface area contributed by atoms with Gasteiger partial charge in [-0.15, -0.1) is 0 Å². The summed E-state index contributed by atoms with van der Waals surface area (Å²) in [6.07, 6.45) is 1.54. The number of hydrogen-bond acceptors (Lipinski definition) is 3. The van der Waals surface area contributed by atoms with Gasteiger partial charge >= 0.3 is 0 Å². The van der Waals surface area contributed by atoms with Crippen LogP contribution in [0.5, 0.6) is 0 Å². The number of aryl methyl sites for hydroxylation is 2. The van der Waals surface area contributed by atoms with Crippen molar-refractivity contribution in [1.82, 2.24) is 5.16 Å². The highest BCUT2D eigenvalue weighted by molar-refractivity contribution is 6.11. The van der Waals surface area contributed by atoms with Crippen molar-refractivity contribution < 1.29 is 13.7 Å². The Balaban J connectivity index is 1.81. The number of fused-ring (bicyclic) bond motifs is 1. The second-order valence-electron chi connectivity index (χ2n) is 6.66. The molecule has 1 aromatic heterocycles. The second kappa shape index (κ2) is 6.41. The normalized spacial score (nSPS) is 16.4. The first-order chi connectivity index (χ1) is 12.6. The molecule has 4 nitrogen and oxygen atoms in total. The fourth-order valence-corrected chi connectivity index (χ4v) is 3.57. The quantitative estimate of drug-likeness (QED) is 0.669. The molecule has 0 saturated heterocycles. The Hall–Kier alpha value is -2.95. The predicted octanol–water partition coefficient (Wildman–Crippen LogP) is 4.77. The molecule has 1 aliphatic heterocycles. The topological polar surface area (TPSA) is 46.3 Å². The van der Waals surface area contributed by atoms with Gasteiger partial charge < -0.3 is 9.42 Å². The molecular weight excluding hydrogens is 331 g/mol. The van der Waals surface area contributed by atoms with E-state index < -0.39 is 0 Å². The largest absolute Gasteiger partial charge is 0.360 e. The van der Waals surface area contributed by atoms with E-state index in [2.05, 4.69) is 5.16 Å². The number of amides is 1. The summed E-state index contributed by atoms with van der Waals surface area (Å²) in [6, 6.07) is 14.1. The molecular formula is C21H19FN2O2. The molecule has 0 spiro atoms. The van der Waals surface area contributed by atoms with Crippen molar-refractivity contribution in [2.75, 3.05) is 4.90 Å². The SMILES string of the molecule is Cc1onc(-c2ccccc2)c1C(=O)N1c2ccc(F)cc2CC[C@H]1C. The summed E-state index contributed by atoms with van der Waals surface area (Å²) in [4.78, 5) is 15.2. The molecule has 2 aromatic carbocycles. The van der Waals surface area contributed by atoms with Crippen LogP contribution < -0.4 is 4.90 Å². The zero-order valence-corrected chi connectivity index (χ0v) is 14.7. The van der Waals surface area contributed by atoms with Crippen molar-refractivity contribution >= 4 is 11.6 Å². The molecule has 1 atom stereocenters. The summed E-state index contributed by atoms with van der Waals surface area (Å²) in [7, 11) is 0. The maximum atomic E-state index is 13.6. The van der Waals surface area contributed by atoms with Crippen molar-refractivity contribution in [2.45, 2.75) is 32.7 Å². The fraction of sp³-hybridized carbons (Fsp3) is 0.238. The monoisotopic (exact) mass is 350 g/mol. The molecule has 0 saturated carbocycles. The Kier molecular flexibility index (Phi) is 4.07. The van der Waals surface area contributed by atoms with Gasteiger partial charge in [0.05, 0.1) is 0 Å². The number of rotatable bonds is 2. The number of halogens is 1. The number of benzene rings is 2. The van der Waals surface area contributed by atoms with Gasteiger partial charge in [0.1, 0.15) is 22.8 Å². The Morgan fingerprint density at radius 1 is 1.23 bits per heavy atom. The van der Waals surface area contributed by atoms with Gasteiger partial charge in [-0.05, 0) is 50.5 Å². The van der Waals surface area contributed by atoms with Crippen LogP contribution in [0.25, 0.3) is 11.3 Å². The maximum absolute atomic E-state index is 13.6. The first-order valence-corrected chi connectivity index (χ1v) is 8.70. The molecule has 26 heavy (non-hydrogen) atoms. The van der Waals surface area contributed by atoms with Crippen LogP contribution >= 0.6 is 0 Å². The van der Waals surface area contributed by atoms with Crippen molar-refractivity contribution in [3.8, 4) is 11.3 Å². The molecule has 2 heterocycles. The average molecular weight is 350 g/mol. The summed E-state index contributed by atoms with van der Waals surface area (Å²) in [5.41, 5.74) is 3.44. The van der Waals surface area contributed by atoms with Crippen LogP contribution in [-0.4, -0.2) is 17.1 Å². The van der Waals surface area contributed by atoms with E-state index in [0.717, 1.165) is 29.7 Å². The van der Waals surface area contributed by atoms with Gasteiger partial charge in [0.25, 0.3) is 5.91 Å². The van der Waals surface area contributed by atoms with E-state index >= 15 is 0 Å². The van der Waals surface area contributed by atoms with Crippen LogP contribution in [-0.2, 0) is 6.42 Å². The highest BCUT2D eigenvalue weighted by Gasteiger charge is 2.33. The molecule has 132 valence electrons. The number of aromatic nitrogens is 1. The van der Waals surface area contributed by atoms with Crippen molar-refractivity contribution in [2.24, 2.45) is 0 Å². The number of hydrogen-bond donors (Lipinski definition) is 0. The second-order valence-corrected chi connectivity index (χ2v) is 6.66. The predicted molar refractivity (Wildman–Crippen MR) is 97.7 cm³/mol. The lowest BCUT2D eigenvalue weighted by Gasteiger charge is -2.35. The van der Waals surface area contributed by atoms with Crippen molar-refractivity contribution in [3.63, 3.8) is 0 Å². The first-order valence-electron chi connectivity index (χ1n) is 8.70. The van der Waals surface area contributed by atoms with Gasteiger partial charge in [0.2, 0.25) is 0 Å². The average Bonchev–Trinajstić information content (AvgIpc) is 3.03. The Bertz CT molecular complexity index is 965. The number of anilines is 1. The third kappa shape index (κ3) is 2.69. The minimum absolute atomic E-state index is 0.0124. The molecule has 5 heteroatoms. The molecule has 0 aliphatic carbocycles. The smallest absolute Gasteiger partial charge is 0.264 e. The molecule has 1 amide bonds. The highest BCUT2D eigenvalue weighted by Crippen LogP contribution is 2.35. The van der Waals surface area contributed by atoms with E-state index in [9.17, 15) is 9.18 Å². The minimum Gasteiger partial charge on any atom is -0.360 e. The molecule has 3 aromatic rings. The molecule has 0 bridgehead atoms. The first kappa shape index (κ1) is 16.5. The Morgan fingerprint density at radius 3 is 2.77 bits per heavy atom. The Labute approximate surface area is 151 Å². The fourth-order valence-electron chi connectivity index (χ4n) is 3.57. The lowest BCUT2D eigenvalue weighted by molar-refractivity contribution is 0.0974. The third-order valence-electron chi connectivity index (χ3n) is 4.92. The van der Waals surface area contributed by atoms with Crippen molar-refractivity contribution in [1.29, 1.82) is 0 Å². The van der Waals surface area contributed by atoms with Crippen LogP contribution in [0.15, 0.2) is 53.1 Å². The molecule has 0 fully saturated rings. The summed E-state index contributed by atoms with van der Waals surface area (Å²) < 4.78 is 19.0. The summed E-state index contributed by atoms with van der Waals surface area (Å²) in [6.45, 7) is 3.75.